The highest BCUT2D eigenvalue weighted by Gasteiger charge is 2.38. The van der Waals surface area contributed by atoms with Crippen LogP contribution in [0.15, 0.2) is 0 Å². The molecular weight excluding hydrogens is 355 g/mol. The van der Waals surface area contributed by atoms with E-state index >= 15 is 0 Å². The van der Waals surface area contributed by atoms with Gasteiger partial charge in [-0.3, -0.25) is 9.48 Å². The van der Waals surface area contributed by atoms with Crippen LogP contribution >= 0.6 is 0 Å². The largest absolute Gasteiger partial charge is 0.490 e. The van der Waals surface area contributed by atoms with Crippen molar-refractivity contribution in [1.29, 1.82) is 0 Å². The van der Waals surface area contributed by atoms with Gasteiger partial charge in [0, 0.05) is 25.4 Å². The van der Waals surface area contributed by atoms with Crippen LogP contribution in [-0.2, 0) is 27.3 Å². The third-order valence-corrected chi connectivity index (χ3v) is 4.05. The minimum Gasteiger partial charge on any atom is -0.475 e. The van der Waals surface area contributed by atoms with Crippen molar-refractivity contribution in [2.24, 2.45) is 5.92 Å². The molecule has 2 rings (SSSR count). The summed E-state index contributed by atoms with van der Waals surface area (Å²) < 4.78 is 39.0. The lowest BCUT2D eigenvalue weighted by atomic mass is 10.1. The first-order chi connectivity index (χ1) is 12.1. The number of rotatable bonds is 5. The van der Waals surface area contributed by atoms with Gasteiger partial charge in [0.15, 0.2) is 0 Å². The Bertz CT molecular complexity index is 623. The quantitative estimate of drug-likeness (QED) is 0.814. The molecule has 0 aliphatic carbocycles. The lowest BCUT2D eigenvalue weighted by Crippen LogP contribution is -2.32. The Hall–Kier alpha value is -2.10. The number of ether oxygens (including phenoxy) is 1. The van der Waals surface area contributed by atoms with Gasteiger partial charge in [0.05, 0.1) is 18.2 Å². The minimum absolute atomic E-state index is 0.0422. The topological polar surface area (TPSA) is 93.5 Å². The predicted molar refractivity (Wildman–Crippen MR) is 86.7 cm³/mol. The smallest absolute Gasteiger partial charge is 0.475 e. The highest BCUT2D eigenvalue weighted by Crippen LogP contribution is 2.15. The van der Waals surface area contributed by atoms with Crippen LogP contribution in [0.25, 0.3) is 0 Å². The zero-order chi connectivity index (χ0) is 19.9. The van der Waals surface area contributed by atoms with Crippen LogP contribution in [0.2, 0.25) is 0 Å². The minimum atomic E-state index is -5.08. The highest BCUT2D eigenvalue weighted by molar-refractivity contribution is 5.79. The van der Waals surface area contributed by atoms with E-state index < -0.39 is 12.1 Å². The molecule has 0 bridgehead atoms. The average Bonchev–Trinajstić information content (AvgIpc) is 3.17. The third-order valence-electron chi connectivity index (χ3n) is 4.05. The van der Waals surface area contributed by atoms with Crippen LogP contribution in [0, 0.1) is 19.8 Å². The second-order valence-corrected chi connectivity index (χ2v) is 5.87. The van der Waals surface area contributed by atoms with Crippen molar-refractivity contribution in [3.05, 3.63) is 17.0 Å². The number of carboxylic acid groups (broad SMARTS) is 1. The van der Waals surface area contributed by atoms with E-state index in [1.165, 1.54) is 11.3 Å². The Labute approximate surface area is 149 Å². The molecule has 1 amide bonds. The van der Waals surface area contributed by atoms with Gasteiger partial charge in [0.1, 0.15) is 0 Å². The lowest BCUT2D eigenvalue weighted by molar-refractivity contribution is -0.192. The third kappa shape index (κ3) is 6.32. The number of carbonyl (C=O) groups is 2. The molecule has 2 N–H and O–H groups in total. The molecular formula is C16H24F3N3O4. The first-order valence-electron chi connectivity index (χ1n) is 8.26. The number of alkyl halides is 3. The van der Waals surface area contributed by atoms with Gasteiger partial charge in [-0.1, -0.05) is 0 Å². The lowest BCUT2D eigenvalue weighted by Gasteiger charge is -2.09. The SMILES string of the molecule is CCn1nc(C)c(CCNC(=O)C2CCOC2)c1C.O=C(O)C(F)(F)F. The van der Waals surface area contributed by atoms with Crippen molar-refractivity contribution in [2.75, 3.05) is 19.8 Å². The maximum atomic E-state index is 11.9. The highest BCUT2D eigenvalue weighted by atomic mass is 19.4. The fourth-order valence-corrected chi connectivity index (χ4v) is 2.60. The molecule has 1 saturated heterocycles. The Balaban J connectivity index is 0.000000412. The first-order valence-corrected chi connectivity index (χ1v) is 8.26. The number of aryl methyl sites for hydroxylation is 2. The summed E-state index contributed by atoms with van der Waals surface area (Å²) in [4.78, 5) is 20.8. The van der Waals surface area contributed by atoms with Gasteiger partial charge in [-0.15, -0.1) is 0 Å². The summed E-state index contributed by atoms with van der Waals surface area (Å²) in [5.74, 6) is -2.59. The van der Waals surface area contributed by atoms with Gasteiger partial charge in [0.25, 0.3) is 0 Å². The van der Waals surface area contributed by atoms with Gasteiger partial charge in [0.2, 0.25) is 5.91 Å². The molecule has 1 aliphatic heterocycles. The molecule has 0 aromatic carbocycles. The number of halogens is 3. The molecule has 0 spiro atoms. The zero-order valence-electron chi connectivity index (χ0n) is 15.0. The van der Waals surface area contributed by atoms with E-state index in [0.29, 0.717) is 19.8 Å². The summed E-state index contributed by atoms with van der Waals surface area (Å²) in [5.41, 5.74) is 3.53. The van der Waals surface area contributed by atoms with Gasteiger partial charge in [-0.25, -0.2) is 4.79 Å². The second kappa shape index (κ2) is 9.56. The molecule has 148 valence electrons. The molecule has 10 heteroatoms. The number of hydrogen-bond donors (Lipinski definition) is 2. The second-order valence-electron chi connectivity index (χ2n) is 5.87. The van der Waals surface area contributed by atoms with E-state index in [4.69, 9.17) is 14.6 Å². The van der Waals surface area contributed by atoms with E-state index in [9.17, 15) is 18.0 Å². The van der Waals surface area contributed by atoms with E-state index in [2.05, 4.69) is 24.3 Å². The number of amides is 1. The average molecular weight is 379 g/mol. The molecule has 7 nitrogen and oxygen atoms in total. The van der Waals surface area contributed by atoms with Crippen LogP contribution in [0.4, 0.5) is 13.2 Å². The Morgan fingerprint density at radius 1 is 1.38 bits per heavy atom. The standard InChI is InChI=1S/C14H23N3O2.C2HF3O2/c1-4-17-11(3)13(10(2)16-17)5-7-15-14(18)12-6-8-19-9-12;3-2(4,5)1(6)7/h12H,4-9H2,1-3H3,(H,15,18);(H,6,7). The molecule has 0 radical (unpaired) electrons. The molecule has 1 aliphatic rings. The monoisotopic (exact) mass is 379 g/mol. The maximum absolute atomic E-state index is 11.9. The van der Waals surface area contributed by atoms with E-state index in [0.717, 1.165) is 25.1 Å². The Morgan fingerprint density at radius 3 is 2.42 bits per heavy atom. The summed E-state index contributed by atoms with van der Waals surface area (Å²) in [7, 11) is 0. The Morgan fingerprint density at radius 2 is 2.00 bits per heavy atom. The summed E-state index contributed by atoms with van der Waals surface area (Å²) >= 11 is 0. The number of nitrogens with zero attached hydrogens (tertiary/aromatic N) is 2. The number of hydrogen-bond acceptors (Lipinski definition) is 4. The predicted octanol–water partition coefficient (Wildman–Crippen LogP) is 1.85. The van der Waals surface area contributed by atoms with Gasteiger partial charge < -0.3 is 15.2 Å². The number of aliphatic carboxylic acids is 1. The van der Waals surface area contributed by atoms with Crippen LogP contribution in [0.1, 0.15) is 30.3 Å². The molecule has 1 aromatic heterocycles. The molecule has 1 unspecified atom stereocenters. The van der Waals surface area contributed by atoms with E-state index in [-0.39, 0.29) is 11.8 Å². The zero-order valence-corrected chi connectivity index (χ0v) is 15.0. The van der Waals surface area contributed by atoms with Crippen molar-refractivity contribution < 1.29 is 32.6 Å². The van der Waals surface area contributed by atoms with Crippen molar-refractivity contribution >= 4 is 11.9 Å². The Kier molecular flexibility index (Phi) is 8.07. The first kappa shape index (κ1) is 21.9. The van der Waals surface area contributed by atoms with Gasteiger partial charge >= 0.3 is 12.1 Å². The van der Waals surface area contributed by atoms with Gasteiger partial charge in [-0.05, 0) is 39.2 Å². The summed E-state index contributed by atoms with van der Waals surface area (Å²) in [6, 6.07) is 0. The number of carboxylic acids is 1. The number of aromatic nitrogens is 2. The summed E-state index contributed by atoms with van der Waals surface area (Å²) in [6.07, 6.45) is -3.39. The van der Waals surface area contributed by atoms with Crippen molar-refractivity contribution in [3.8, 4) is 0 Å². The van der Waals surface area contributed by atoms with Gasteiger partial charge in [-0.2, -0.15) is 18.3 Å². The molecule has 0 saturated carbocycles. The van der Waals surface area contributed by atoms with Crippen molar-refractivity contribution in [3.63, 3.8) is 0 Å². The van der Waals surface area contributed by atoms with Crippen molar-refractivity contribution in [1.82, 2.24) is 15.1 Å². The molecule has 1 aromatic rings. The van der Waals surface area contributed by atoms with Crippen LogP contribution < -0.4 is 5.32 Å². The molecule has 26 heavy (non-hydrogen) atoms. The van der Waals surface area contributed by atoms with E-state index in [1.807, 2.05) is 11.6 Å². The van der Waals surface area contributed by atoms with Crippen LogP contribution in [0.3, 0.4) is 0 Å². The van der Waals surface area contributed by atoms with Crippen LogP contribution in [0.5, 0.6) is 0 Å². The fraction of sp³-hybridized carbons (Fsp3) is 0.688. The maximum Gasteiger partial charge on any atom is 0.490 e. The fourth-order valence-electron chi connectivity index (χ4n) is 2.60. The van der Waals surface area contributed by atoms with Crippen LogP contribution in [-0.4, -0.2) is 52.7 Å². The number of nitrogens with one attached hydrogen (secondary N) is 1. The summed E-state index contributed by atoms with van der Waals surface area (Å²) in [6.45, 7) is 9.04. The summed E-state index contributed by atoms with van der Waals surface area (Å²) in [5, 5.41) is 14.6. The molecule has 1 atom stereocenters. The van der Waals surface area contributed by atoms with Crippen molar-refractivity contribution in [2.45, 2.75) is 46.3 Å². The molecule has 1 fully saturated rings. The van der Waals surface area contributed by atoms with E-state index in [1.54, 1.807) is 0 Å². The normalized spacial score (nSPS) is 16.8. The number of carbonyl (C=O) groups excluding carboxylic acids is 1. The molecule has 2 heterocycles.